The molecule has 1 N–H and O–H groups in total. The predicted molar refractivity (Wildman–Crippen MR) is 55.7 cm³/mol. The molecular formula is C10H17N3O2. The molecule has 0 aliphatic heterocycles. The molecule has 15 heavy (non-hydrogen) atoms. The van der Waals surface area contributed by atoms with Crippen LogP contribution in [0.2, 0.25) is 0 Å². The fourth-order valence-electron chi connectivity index (χ4n) is 1.38. The molecule has 0 amide bonds. The Bertz CT molecular complexity index is 309. The number of aromatic nitrogens is 3. The van der Waals surface area contributed by atoms with Crippen LogP contribution in [0.5, 0.6) is 0 Å². The lowest BCUT2D eigenvalue weighted by molar-refractivity contribution is 0.0690. The number of unbranched alkanes of at least 4 members (excludes halogenated alkanes) is 4. The highest BCUT2D eigenvalue weighted by Gasteiger charge is 2.07. The number of rotatable bonds is 7. The molecule has 0 aliphatic carbocycles. The van der Waals surface area contributed by atoms with Crippen LogP contribution in [0.25, 0.3) is 0 Å². The average Bonchev–Trinajstić information content (AvgIpc) is 2.66. The Kier molecular flexibility index (Phi) is 4.80. The molecular weight excluding hydrogens is 194 g/mol. The molecule has 1 rings (SSSR count). The van der Waals surface area contributed by atoms with Crippen LogP contribution in [-0.2, 0) is 6.54 Å². The Labute approximate surface area is 89.1 Å². The van der Waals surface area contributed by atoms with E-state index in [0.717, 1.165) is 19.4 Å². The molecule has 0 radical (unpaired) electrons. The smallest absolute Gasteiger partial charge is 0.358 e. The first kappa shape index (κ1) is 11.7. The van der Waals surface area contributed by atoms with Gasteiger partial charge in [0.05, 0.1) is 6.20 Å². The van der Waals surface area contributed by atoms with Crippen LogP contribution < -0.4 is 0 Å². The van der Waals surface area contributed by atoms with Crippen molar-refractivity contribution in [3.8, 4) is 0 Å². The van der Waals surface area contributed by atoms with E-state index in [0.29, 0.717) is 0 Å². The number of nitrogens with zero attached hydrogens (tertiary/aromatic N) is 3. The van der Waals surface area contributed by atoms with E-state index in [1.54, 1.807) is 4.68 Å². The molecule has 0 saturated carbocycles. The molecule has 0 bridgehead atoms. The summed E-state index contributed by atoms with van der Waals surface area (Å²) in [6, 6.07) is 0. The Balaban J connectivity index is 2.23. The SMILES string of the molecule is CCCCCCCn1cc(C(=O)O)nn1. The van der Waals surface area contributed by atoms with E-state index in [1.165, 1.54) is 25.5 Å². The topological polar surface area (TPSA) is 68.0 Å². The summed E-state index contributed by atoms with van der Waals surface area (Å²) in [5, 5.41) is 15.9. The van der Waals surface area contributed by atoms with Crippen molar-refractivity contribution in [1.29, 1.82) is 0 Å². The molecule has 1 aromatic rings. The van der Waals surface area contributed by atoms with Gasteiger partial charge in [0.15, 0.2) is 5.69 Å². The van der Waals surface area contributed by atoms with Gasteiger partial charge in [-0.2, -0.15) is 0 Å². The standard InChI is InChI=1S/C10H17N3O2/c1-2-3-4-5-6-7-13-8-9(10(14)15)11-12-13/h8H,2-7H2,1H3,(H,14,15). The molecule has 0 fully saturated rings. The summed E-state index contributed by atoms with van der Waals surface area (Å²) >= 11 is 0. The van der Waals surface area contributed by atoms with Crippen molar-refractivity contribution in [2.24, 2.45) is 0 Å². The lowest BCUT2D eigenvalue weighted by Gasteiger charge is -1.99. The Morgan fingerprint density at radius 1 is 1.40 bits per heavy atom. The van der Waals surface area contributed by atoms with Crippen molar-refractivity contribution in [3.05, 3.63) is 11.9 Å². The molecule has 0 aromatic carbocycles. The summed E-state index contributed by atoms with van der Waals surface area (Å²) in [6.07, 6.45) is 7.39. The largest absolute Gasteiger partial charge is 0.476 e. The van der Waals surface area contributed by atoms with Crippen molar-refractivity contribution < 1.29 is 9.90 Å². The van der Waals surface area contributed by atoms with E-state index in [4.69, 9.17) is 5.11 Å². The van der Waals surface area contributed by atoms with Gasteiger partial charge in [-0.05, 0) is 6.42 Å². The molecule has 1 heterocycles. The van der Waals surface area contributed by atoms with Gasteiger partial charge in [-0.1, -0.05) is 37.8 Å². The minimum absolute atomic E-state index is 0.0172. The maximum Gasteiger partial charge on any atom is 0.358 e. The van der Waals surface area contributed by atoms with Crippen LogP contribution in [0.4, 0.5) is 0 Å². The molecule has 0 unspecified atom stereocenters. The van der Waals surface area contributed by atoms with Gasteiger partial charge in [0.25, 0.3) is 0 Å². The first-order chi connectivity index (χ1) is 7.24. The minimum Gasteiger partial charge on any atom is -0.476 e. The van der Waals surface area contributed by atoms with Crippen molar-refractivity contribution in [2.75, 3.05) is 0 Å². The van der Waals surface area contributed by atoms with Crippen molar-refractivity contribution >= 4 is 5.97 Å². The van der Waals surface area contributed by atoms with Crippen molar-refractivity contribution in [2.45, 2.75) is 45.6 Å². The Morgan fingerprint density at radius 2 is 2.13 bits per heavy atom. The molecule has 0 saturated heterocycles. The summed E-state index contributed by atoms with van der Waals surface area (Å²) in [5.74, 6) is -1.02. The van der Waals surface area contributed by atoms with Gasteiger partial charge in [-0.3, -0.25) is 4.68 Å². The second-order valence-electron chi connectivity index (χ2n) is 3.59. The third-order valence-corrected chi connectivity index (χ3v) is 2.25. The summed E-state index contributed by atoms with van der Waals surface area (Å²) in [5.41, 5.74) is 0.0172. The highest BCUT2D eigenvalue weighted by molar-refractivity contribution is 5.84. The van der Waals surface area contributed by atoms with Gasteiger partial charge in [-0.15, -0.1) is 5.10 Å². The summed E-state index contributed by atoms with van der Waals surface area (Å²) in [7, 11) is 0. The number of aromatic carboxylic acids is 1. The van der Waals surface area contributed by atoms with Gasteiger partial charge in [-0.25, -0.2) is 4.79 Å². The van der Waals surface area contributed by atoms with E-state index >= 15 is 0 Å². The minimum atomic E-state index is -1.02. The summed E-state index contributed by atoms with van der Waals surface area (Å²) < 4.78 is 1.59. The molecule has 0 atom stereocenters. The molecule has 84 valence electrons. The van der Waals surface area contributed by atoms with Crippen LogP contribution in [-0.4, -0.2) is 26.1 Å². The quantitative estimate of drug-likeness (QED) is 0.700. The predicted octanol–water partition coefficient (Wildman–Crippen LogP) is 1.95. The van der Waals surface area contributed by atoms with E-state index in [-0.39, 0.29) is 5.69 Å². The zero-order valence-corrected chi connectivity index (χ0v) is 9.02. The highest BCUT2D eigenvalue weighted by Crippen LogP contribution is 2.04. The second-order valence-corrected chi connectivity index (χ2v) is 3.59. The zero-order chi connectivity index (χ0) is 11.1. The van der Waals surface area contributed by atoms with Crippen LogP contribution >= 0.6 is 0 Å². The lowest BCUT2D eigenvalue weighted by atomic mass is 10.1. The number of carbonyl (C=O) groups is 1. The summed E-state index contributed by atoms with van der Waals surface area (Å²) in [4.78, 5) is 10.5. The van der Waals surface area contributed by atoms with Gasteiger partial charge in [0.1, 0.15) is 0 Å². The summed E-state index contributed by atoms with van der Waals surface area (Å²) in [6.45, 7) is 2.93. The maximum absolute atomic E-state index is 10.5. The van der Waals surface area contributed by atoms with Gasteiger partial charge in [0.2, 0.25) is 0 Å². The molecule has 1 aromatic heterocycles. The first-order valence-electron chi connectivity index (χ1n) is 5.37. The van der Waals surface area contributed by atoms with Crippen LogP contribution in [0.3, 0.4) is 0 Å². The number of hydrogen-bond donors (Lipinski definition) is 1. The second kappa shape index (κ2) is 6.16. The first-order valence-corrected chi connectivity index (χ1v) is 5.37. The number of hydrogen-bond acceptors (Lipinski definition) is 3. The van der Waals surface area contributed by atoms with E-state index in [1.807, 2.05) is 0 Å². The average molecular weight is 211 g/mol. The molecule has 0 aliphatic rings. The highest BCUT2D eigenvalue weighted by atomic mass is 16.4. The Morgan fingerprint density at radius 3 is 2.73 bits per heavy atom. The van der Waals surface area contributed by atoms with Crippen LogP contribution in [0.1, 0.15) is 49.5 Å². The van der Waals surface area contributed by atoms with Crippen molar-refractivity contribution in [3.63, 3.8) is 0 Å². The van der Waals surface area contributed by atoms with Gasteiger partial charge >= 0.3 is 5.97 Å². The third kappa shape index (κ3) is 4.10. The molecule has 0 spiro atoms. The number of carboxylic acids is 1. The maximum atomic E-state index is 10.5. The van der Waals surface area contributed by atoms with Gasteiger partial charge < -0.3 is 5.11 Å². The van der Waals surface area contributed by atoms with E-state index in [9.17, 15) is 4.79 Å². The van der Waals surface area contributed by atoms with Crippen LogP contribution in [0, 0.1) is 0 Å². The lowest BCUT2D eigenvalue weighted by Crippen LogP contribution is -1.99. The van der Waals surface area contributed by atoms with Crippen LogP contribution in [0.15, 0.2) is 6.20 Å². The number of carboxylic acid groups (broad SMARTS) is 1. The third-order valence-electron chi connectivity index (χ3n) is 2.25. The Hall–Kier alpha value is -1.39. The fourth-order valence-corrected chi connectivity index (χ4v) is 1.38. The zero-order valence-electron chi connectivity index (χ0n) is 9.02. The molecule has 5 heteroatoms. The van der Waals surface area contributed by atoms with E-state index in [2.05, 4.69) is 17.2 Å². The monoisotopic (exact) mass is 211 g/mol. The fraction of sp³-hybridized carbons (Fsp3) is 0.700. The van der Waals surface area contributed by atoms with E-state index < -0.39 is 5.97 Å². The van der Waals surface area contributed by atoms with Crippen molar-refractivity contribution in [1.82, 2.24) is 15.0 Å². The number of aryl methyl sites for hydroxylation is 1. The molecule has 5 nitrogen and oxygen atoms in total. The normalized spacial score (nSPS) is 10.5. The van der Waals surface area contributed by atoms with Gasteiger partial charge in [0, 0.05) is 6.54 Å².